The minimum absolute atomic E-state index is 0.119. The summed E-state index contributed by atoms with van der Waals surface area (Å²) >= 11 is 0. The van der Waals surface area contributed by atoms with Crippen LogP contribution in [-0.4, -0.2) is 25.6 Å². The summed E-state index contributed by atoms with van der Waals surface area (Å²) in [6, 6.07) is 9.08. The molecule has 1 aliphatic carbocycles. The summed E-state index contributed by atoms with van der Waals surface area (Å²) in [6.45, 7) is 2.17. The number of H-pyrrole nitrogens is 1. The molecule has 1 atom stereocenters. The average Bonchev–Trinajstić information content (AvgIpc) is 3.08. The Morgan fingerprint density at radius 3 is 2.80 bits per heavy atom. The molecule has 1 aromatic carbocycles. The number of hydrogen-bond donors (Lipinski definition) is 3. The highest BCUT2D eigenvalue weighted by molar-refractivity contribution is 5.79. The molecule has 0 fully saturated rings. The van der Waals surface area contributed by atoms with Crippen molar-refractivity contribution in [2.75, 3.05) is 5.32 Å². The number of nitrogens with one attached hydrogen (secondary N) is 2. The van der Waals surface area contributed by atoms with Crippen molar-refractivity contribution in [3.05, 3.63) is 61.0 Å². The van der Waals surface area contributed by atoms with Crippen molar-refractivity contribution in [3.63, 3.8) is 0 Å². The third kappa shape index (κ3) is 2.89. The molecule has 0 amide bonds. The van der Waals surface area contributed by atoms with Gasteiger partial charge in [-0.05, 0) is 43.2 Å². The van der Waals surface area contributed by atoms with E-state index in [0.717, 1.165) is 41.3 Å². The molecule has 126 valence electrons. The van der Waals surface area contributed by atoms with Gasteiger partial charge in [0.05, 0.1) is 23.1 Å². The molecule has 0 saturated carbocycles. The van der Waals surface area contributed by atoms with Crippen molar-refractivity contribution >= 4 is 5.82 Å². The zero-order chi connectivity index (χ0) is 17.3. The van der Waals surface area contributed by atoms with Crippen LogP contribution in [0.15, 0.2) is 61.0 Å². The van der Waals surface area contributed by atoms with E-state index in [4.69, 9.17) is 0 Å². The Hall–Kier alpha value is -3.08. The van der Waals surface area contributed by atoms with Crippen LogP contribution in [0.4, 0.5) is 5.82 Å². The Balaban J connectivity index is 1.72. The normalized spacial score (nSPS) is 19.4. The summed E-state index contributed by atoms with van der Waals surface area (Å²) in [5.74, 6) is 1.87. The summed E-state index contributed by atoms with van der Waals surface area (Å²) < 4.78 is 0. The minimum Gasteiger partial charge on any atom is -0.508 e. The van der Waals surface area contributed by atoms with E-state index in [1.807, 2.05) is 18.2 Å². The highest BCUT2D eigenvalue weighted by atomic mass is 16.3. The van der Waals surface area contributed by atoms with Crippen molar-refractivity contribution < 1.29 is 5.11 Å². The van der Waals surface area contributed by atoms with E-state index < -0.39 is 0 Å². The fourth-order valence-electron chi connectivity index (χ4n) is 3.16. The van der Waals surface area contributed by atoms with Crippen molar-refractivity contribution in [1.82, 2.24) is 15.0 Å². The van der Waals surface area contributed by atoms with Crippen LogP contribution < -0.4 is 5.32 Å². The van der Waals surface area contributed by atoms with Gasteiger partial charge in [0.25, 0.3) is 0 Å². The number of aromatic amines is 1. The molecule has 4 rings (SSSR count). The molecule has 0 spiro atoms. The second-order valence-corrected chi connectivity index (χ2v) is 6.33. The number of fused-ring (bicyclic) bond motifs is 1. The van der Waals surface area contributed by atoms with Crippen LogP contribution in [-0.2, 0) is 0 Å². The lowest BCUT2D eigenvalue weighted by atomic mass is 9.88. The van der Waals surface area contributed by atoms with Gasteiger partial charge in [-0.2, -0.15) is 0 Å². The first-order chi connectivity index (χ1) is 12.2. The standard InChI is InChI=1S/C20H20N4O/c1-2-20(10-4-3-5-11-20)24-19-16-12-17(23-18(16)21-13-22-19)14-6-8-15(25)9-7-14/h3-10,12-13,25H,2,11H2,1H3,(H2,21,22,23,24)/t20-/m0/s1. The van der Waals surface area contributed by atoms with Crippen molar-refractivity contribution in [1.29, 1.82) is 0 Å². The third-order valence-electron chi connectivity index (χ3n) is 4.72. The number of anilines is 1. The van der Waals surface area contributed by atoms with Gasteiger partial charge in [-0.25, -0.2) is 9.97 Å². The van der Waals surface area contributed by atoms with Crippen LogP contribution in [0.25, 0.3) is 22.6 Å². The van der Waals surface area contributed by atoms with Gasteiger partial charge in [0.15, 0.2) is 0 Å². The summed E-state index contributed by atoms with van der Waals surface area (Å²) in [7, 11) is 0. The van der Waals surface area contributed by atoms with Crippen LogP contribution in [0, 0.1) is 0 Å². The average molecular weight is 332 g/mol. The van der Waals surface area contributed by atoms with Crippen LogP contribution in [0.1, 0.15) is 19.8 Å². The third-order valence-corrected chi connectivity index (χ3v) is 4.72. The molecule has 2 heterocycles. The Kier molecular flexibility index (Phi) is 3.76. The van der Waals surface area contributed by atoms with Gasteiger partial charge in [-0.3, -0.25) is 0 Å². The maximum absolute atomic E-state index is 9.47. The fraction of sp³-hybridized carbons (Fsp3) is 0.200. The molecule has 2 aliphatic heterocycles. The van der Waals surface area contributed by atoms with Crippen LogP contribution in [0.2, 0.25) is 0 Å². The minimum atomic E-state index is -0.119. The van der Waals surface area contributed by atoms with Crippen molar-refractivity contribution in [2.24, 2.45) is 0 Å². The molecule has 0 saturated heterocycles. The summed E-state index contributed by atoms with van der Waals surface area (Å²) in [6.07, 6.45) is 12.1. The topological polar surface area (TPSA) is 73.8 Å². The summed E-state index contributed by atoms with van der Waals surface area (Å²) in [4.78, 5) is 12.3. The lowest BCUT2D eigenvalue weighted by molar-refractivity contribution is 0.475. The first kappa shape index (κ1) is 15.4. The smallest absolute Gasteiger partial charge is 0.142 e. The monoisotopic (exact) mass is 332 g/mol. The second kappa shape index (κ2) is 6.09. The molecule has 5 nitrogen and oxygen atoms in total. The predicted molar refractivity (Wildman–Crippen MR) is 99.6 cm³/mol. The number of aromatic hydroxyl groups is 1. The van der Waals surface area contributed by atoms with Gasteiger partial charge in [-0.15, -0.1) is 0 Å². The highest BCUT2D eigenvalue weighted by Crippen LogP contribution is 2.35. The van der Waals surface area contributed by atoms with Gasteiger partial charge >= 0.3 is 0 Å². The van der Waals surface area contributed by atoms with Crippen molar-refractivity contribution in [3.8, 4) is 28.4 Å². The number of benzene rings is 1. The van der Waals surface area contributed by atoms with Crippen LogP contribution in [0.3, 0.4) is 0 Å². The largest absolute Gasteiger partial charge is 0.508 e. The Morgan fingerprint density at radius 2 is 2.08 bits per heavy atom. The molecule has 1 aromatic rings. The molecular formula is C20H20N4O. The number of hydrogen-bond acceptors (Lipinski definition) is 4. The number of phenols is 1. The molecule has 0 bridgehead atoms. The predicted octanol–water partition coefficient (Wildman–Crippen LogP) is 4.36. The zero-order valence-electron chi connectivity index (χ0n) is 14.0. The molecule has 0 unspecified atom stereocenters. The lowest BCUT2D eigenvalue weighted by Gasteiger charge is -2.32. The van der Waals surface area contributed by atoms with E-state index in [-0.39, 0.29) is 11.3 Å². The zero-order valence-corrected chi connectivity index (χ0v) is 14.0. The molecule has 3 N–H and O–H groups in total. The number of phenolic OH excluding ortho intramolecular Hbond substituents is 1. The Labute approximate surface area is 146 Å². The maximum atomic E-state index is 9.47. The molecule has 25 heavy (non-hydrogen) atoms. The first-order valence-corrected chi connectivity index (χ1v) is 8.45. The van der Waals surface area contributed by atoms with Crippen LogP contribution in [0.5, 0.6) is 5.75 Å². The highest BCUT2D eigenvalue weighted by Gasteiger charge is 2.27. The quantitative estimate of drug-likeness (QED) is 0.664. The van der Waals surface area contributed by atoms with Gasteiger partial charge in [-0.1, -0.05) is 31.2 Å². The van der Waals surface area contributed by atoms with Gasteiger partial charge in [0.2, 0.25) is 0 Å². The van der Waals surface area contributed by atoms with Crippen LogP contribution >= 0.6 is 0 Å². The molecule has 5 heteroatoms. The number of rotatable bonds is 4. The van der Waals surface area contributed by atoms with Gasteiger partial charge in [0.1, 0.15) is 17.4 Å². The van der Waals surface area contributed by atoms with E-state index in [1.54, 1.807) is 18.5 Å². The SMILES string of the molecule is CC[C@]1(Nc2nc[nH]c3nc(-c4ccc(O)cc4)cc2-3)C=CC=CC1. The fourth-order valence-corrected chi connectivity index (χ4v) is 3.16. The van der Waals surface area contributed by atoms with E-state index in [0.29, 0.717) is 0 Å². The molecule has 0 radical (unpaired) electrons. The van der Waals surface area contributed by atoms with E-state index >= 15 is 0 Å². The lowest BCUT2D eigenvalue weighted by Crippen LogP contribution is -2.36. The molecule has 0 aromatic heterocycles. The maximum Gasteiger partial charge on any atom is 0.142 e. The van der Waals surface area contributed by atoms with Gasteiger partial charge < -0.3 is 15.4 Å². The first-order valence-electron chi connectivity index (χ1n) is 8.45. The van der Waals surface area contributed by atoms with Crippen molar-refractivity contribution in [2.45, 2.75) is 25.3 Å². The van der Waals surface area contributed by atoms with E-state index in [1.165, 1.54) is 0 Å². The molecular weight excluding hydrogens is 312 g/mol. The number of nitrogens with zero attached hydrogens (tertiary/aromatic N) is 2. The Morgan fingerprint density at radius 1 is 1.24 bits per heavy atom. The summed E-state index contributed by atoms with van der Waals surface area (Å²) in [5.41, 5.74) is 2.65. The number of aromatic nitrogens is 3. The van der Waals surface area contributed by atoms with E-state index in [2.05, 4.69) is 51.5 Å². The van der Waals surface area contributed by atoms with E-state index in [9.17, 15) is 5.11 Å². The molecule has 3 aliphatic rings. The summed E-state index contributed by atoms with van der Waals surface area (Å²) in [5, 5.41) is 13.1. The Bertz CT molecular complexity index is 910. The van der Waals surface area contributed by atoms with Gasteiger partial charge in [0, 0.05) is 5.56 Å². The second-order valence-electron chi connectivity index (χ2n) is 6.33. The number of allylic oxidation sites excluding steroid dienone is 2.